The number of rotatable bonds is 2. The molecule has 0 bridgehead atoms. The molecule has 2 aliphatic rings. The molecule has 1 aliphatic carbocycles. The fourth-order valence-corrected chi connectivity index (χ4v) is 2.58. The molecular formula is C13H19F3O4. The van der Waals surface area contributed by atoms with Gasteiger partial charge in [0.2, 0.25) is 0 Å². The van der Waals surface area contributed by atoms with Crippen LogP contribution < -0.4 is 0 Å². The SMILES string of the molecule is CC1COC(C2CCC(OC(=O)C(F)(F)F)CC2)OC1. The zero-order chi connectivity index (χ0) is 14.8. The average Bonchev–Trinajstić information content (AvgIpc) is 2.39. The van der Waals surface area contributed by atoms with Crippen molar-refractivity contribution in [3.05, 3.63) is 0 Å². The lowest BCUT2D eigenvalue weighted by Gasteiger charge is -2.36. The van der Waals surface area contributed by atoms with Crippen LogP contribution in [0.3, 0.4) is 0 Å². The molecule has 0 aromatic carbocycles. The highest BCUT2D eigenvalue weighted by molar-refractivity contribution is 5.75. The molecule has 0 radical (unpaired) electrons. The maximum absolute atomic E-state index is 12.1. The van der Waals surface area contributed by atoms with Crippen LogP contribution in [0.25, 0.3) is 0 Å². The van der Waals surface area contributed by atoms with Crippen molar-refractivity contribution in [2.24, 2.45) is 11.8 Å². The molecule has 1 aliphatic heterocycles. The van der Waals surface area contributed by atoms with Crippen molar-refractivity contribution in [2.45, 2.75) is 51.2 Å². The first-order valence-corrected chi connectivity index (χ1v) is 6.87. The molecule has 0 atom stereocenters. The van der Waals surface area contributed by atoms with Crippen LogP contribution in [-0.4, -0.2) is 37.8 Å². The van der Waals surface area contributed by atoms with Crippen LogP contribution >= 0.6 is 0 Å². The summed E-state index contributed by atoms with van der Waals surface area (Å²) in [6, 6.07) is 0. The van der Waals surface area contributed by atoms with Gasteiger partial charge < -0.3 is 14.2 Å². The van der Waals surface area contributed by atoms with Gasteiger partial charge in [-0.05, 0) is 25.7 Å². The van der Waals surface area contributed by atoms with Crippen molar-refractivity contribution in [2.75, 3.05) is 13.2 Å². The third-order valence-electron chi connectivity index (χ3n) is 3.70. The molecule has 20 heavy (non-hydrogen) atoms. The maximum atomic E-state index is 12.1. The summed E-state index contributed by atoms with van der Waals surface area (Å²) in [7, 11) is 0. The lowest BCUT2D eigenvalue weighted by molar-refractivity contribution is -0.230. The molecule has 0 aromatic heterocycles. The van der Waals surface area contributed by atoms with Crippen molar-refractivity contribution in [3.63, 3.8) is 0 Å². The zero-order valence-electron chi connectivity index (χ0n) is 11.3. The minimum absolute atomic E-state index is 0.170. The zero-order valence-corrected chi connectivity index (χ0v) is 11.3. The normalized spacial score (nSPS) is 35.6. The molecule has 4 nitrogen and oxygen atoms in total. The van der Waals surface area contributed by atoms with Crippen molar-refractivity contribution in [1.82, 2.24) is 0 Å². The maximum Gasteiger partial charge on any atom is 0.490 e. The molecule has 1 saturated carbocycles. The van der Waals surface area contributed by atoms with Crippen LogP contribution in [-0.2, 0) is 19.0 Å². The van der Waals surface area contributed by atoms with Crippen molar-refractivity contribution < 1.29 is 32.2 Å². The topological polar surface area (TPSA) is 44.8 Å². The molecule has 0 amide bonds. The number of halogens is 3. The van der Waals surface area contributed by atoms with E-state index >= 15 is 0 Å². The molecule has 2 fully saturated rings. The summed E-state index contributed by atoms with van der Waals surface area (Å²) in [5, 5.41) is 0. The van der Waals surface area contributed by atoms with Crippen molar-refractivity contribution in [1.29, 1.82) is 0 Å². The second kappa shape index (κ2) is 6.30. The van der Waals surface area contributed by atoms with Crippen LogP contribution in [0.15, 0.2) is 0 Å². The van der Waals surface area contributed by atoms with E-state index in [1.54, 1.807) is 0 Å². The highest BCUT2D eigenvalue weighted by atomic mass is 19.4. The van der Waals surface area contributed by atoms with Gasteiger partial charge in [-0.1, -0.05) is 6.92 Å². The van der Waals surface area contributed by atoms with E-state index in [1.165, 1.54) is 0 Å². The first-order chi connectivity index (χ1) is 9.36. The Morgan fingerprint density at radius 1 is 1.10 bits per heavy atom. The Morgan fingerprint density at radius 2 is 1.65 bits per heavy atom. The average molecular weight is 296 g/mol. The lowest BCUT2D eigenvalue weighted by Crippen LogP contribution is -2.39. The number of ether oxygens (including phenoxy) is 3. The second-order valence-electron chi connectivity index (χ2n) is 5.58. The predicted molar refractivity (Wildman–Crippen MR) is 62.7 cm³/mol. The smallest absolute Gasteiger partial charge is 0.456 e. The highest BCUT2D eigenvalue weighted by Crippen LogP contribution is 2.33. The molecule has 0 aromatic rings. The fraction of sp³-hybridized carbons (Fsp3) is 0.923. The van der Waals surface area contributed by atoms with Gasteiger partial charge in [0.1, 0.15) is 6.10 Å². The number of carbonyl (C=O) groups excluding carboxylic acids is 1. The third kappa shape index (κ3) is 4.09. The van der Waals surface area contributed by atoms with Gasteiger partial charge in [-0.3, -0.25) is 0 Å². The molecule has 0 unspecified atom stereocenters. The summed E-state index contributed by atoms with van der Waals surface area (Å²) in [6.45, 7) is 3.32. The van der Waals surface area contributed by atoms with Gasteiger partial charge in [-0.2, -0.15) is 13.2 Å². The largest absolute Gasteiger partial charge is 0.490 e. The lowest BCUT2D eigenvalue weighted by atomic mass is 9.86. The van der Waals surface area contributed by atoms with Crippen molar-refractivity contribution >= 4 is 5.97 Å². The molecule has 0 spiro atoms. The van der Waals surface area contributed by atoms with E-state index in [2.05, 4.69) is 4.74 Å². The standard InChI is InChI=1S/C13H19F3O4/c1-8-6-18-11(19-7-8)9-2-4-10(5-3-9)20-12(17)13(14,15)16/h8-11H,2-7H2,1H3. The molecule has 2 rings (SSSR count). The van der Waals surface area contributed by atoms with E-state index < -0.39 is 18.2 Å². The minimum Gasteiger partial charge on any atom is -0.456 e. The van der Waals surface area contributed by atoms with E-state index in [0.717, 1.165) is 0 Å². The van der Waals surface area contributed by atoms with Gasteiger partial charge in [0.05, 0.1) is 13.2 Å². The minimum atomic E-state index is -4.91. The van der Waals surface area contributed by atoms with Gasteiger partial charge in [0.15, 0.2) is 6.29 Å². The number of esters is 1. The third-order valence-corrected chi connectivity index (χ3v) is 3.70. The summed E-state index contributed by atoms with van der Waals surface area (Å²) < 4.78 is 51.9. The Hall–Kier alpha value is -0.820. The molecular weight excluding hydrogens is 277 g/mol. The quantitative estimate of drug-likeness (QED) is 0.735. The summed E-state index contributed by atoms with van der Waals surface area (Å²) in [5.41, 5.74) is 0. The predicted octanol–water partition coefficient (Wildman–Crippen LogP) is 2.66. The van der Waals surface area contributed by atoms with Crippen LogP contribution in [0.2, 0.25) is 0 Å². The van der Waals surface area contributed by atoms with Crippen LogP contribution in [0.4, 0.5) is 13.2 Å². The monoisotopic (exact) mass is 296 g/mol. The molecule has 7 heteroatoms. The number of alkyl halides is 3. The number of hydrogen-bond acceptors (Lipinski definition) is 4. The molecule has 116 valence electrons. The van der Waals surface area contributed by atoms with E-state index in [4.69, 9.17) is 9.47 Å². The van der Waals surface area contributed by atoms with Gasteiger partial charge in [-0.15, -0.1) is 0 Å². The Bertz CT molecular complexity index is 329. The highest BCUT2D eigenvalue weighted by Gasteiger charge is 2.43. The Balaban J connectivity index is 1.74. The van der Waals surface area contributed by atoms with Crippen LogP contribution in [0.1, 0.15) is 32.6 Å². The summed E-state index contributed by atoms with van der Waals surface area (Å²) >= 11 is 0. The summed E-state index contributed by atoms with van der Waals surface area (Å²) in [4.78, 5) is 10.8. The van der Waals surface area contributed by atoms with E-state index in [1.807, 2.05) is 6.92 Å². The number of carbonyl (C=O) groups is 1. The van der Waals surface area contributed by atoms with E-state index in [-0.39, 0.29) is 12.2 Å². The fourth-order valence-electron chi connectivity index (χ4n) is 2.58. The van der Waals surface area contributed by atoms with Gasteiger partial charge in [0, 0.05) is 11.8 Å². The number of hydrogen-bond donors (Lipinski definition) is 0. The summed E-state index contributed by atoms with van der Waals surface area (Å²) in [5.74, 6) is -1.56. The van der Waals surface area contributed by atoms with Crippen molar-refractivity contribution in [3.8, 4) is 0 Å². The summed E-state index contributed by atoms with van der Waals surface area (Å²) in [6.07, 6.45) is -3.70. The molecule has 0 N–H and O–H groups in total. The van der Waals surface area contributed by atoms with Crippen LogP contribution in [0, 0.1) is 11.8 Å². The first-order valence-electron chi connectivity index (χ1n) is 6.87. The second-order valence-corrected chi connectivity index (χ2v) is 5.58. The van der Waals surface area contributed by atoms with Gasteiger partial charge in [-0.25, -0.2) is 4.79 Å². The molecule has 1 saturated heterocycles. The van der Waals surface area contributed by atoms with Gasteiger partial charge >= 0.3 is 12.1 Å². The van der Waals surface area contributed by atoms with Crippen LogP contribution in [0.5, 0.6) is 0 Å². The van der Waals surface area contributed by atoms with E-state index in [0.29, 0.717) is 44.8 Å². The van der Waals surface area contributed by atoms with E-state index in [9.17, 15) is 18.0 Å². The van der Waals surface area contributed by atoms with Gasteiger partial charge in [0.25, 0.3) is 0 Å². The Morgan fingerprint density at radius 3 is 2.15 bits per heavy atom. The Kier molecular flexibility index (Phi) is 4.90. The molecule has 1 heterocycles. The first kappa shape index (κ1) is 15.6. The Labute approximate surface area is 115 Å².